The summed E-state index contributed by atoms with van der Waals surface area (Å²) in [4.78, 5) is 11.3. The summed E-state index contributed by atoms with van der Waals surface area (Å²) in [6.45, 7) is 0.594. The largest absolute Gasteiger partial charge is 0.329 e. The highest BCUT2D eigenvalue weighted by Gasteiger charge is 2.59. The van der Waals surface area contributed by atoms with Gasteiger partial charge in [-0.05, 0) is 25.2 Å². The first-order valence-electron chi connectivity index (χ1n) is 4.03. The minimum Gasteiger partial charge on any atom is -0.329 e. The smallest absolute Gasteiger partial charge is 0.140 e. The van der Waals surface area contributed by atoms with E-state index >= 15 is 0 Å². The van der Waals surface area contributed by atoms with E-state index in [-0.39, 0.29) is 5.41 Å². The van der Waals surface area contributed by atoms with Gasteiger partial charge in [0.05, 0.1) is 0 Å². The van der Waals surface area contributed by atoms with E-state index in [1.54, 1.807) is 0 Å². The fraction of sp³-hybridized carbons (Fsp3) is 0.875. The van der Waals surface area contributed by atoms with Crippen molar-refractivity contribution in [3.63, 3.8) is 0 Å². The molecule has 2 rings (SSSR count). The summed E-state index contributed by atoms with van der Waals surface area (Å²) >= 11 is 0. The summed E-state index contributed by atoms with van der Waals surface area (Å²) in [5.74, 6) is 1.10. The van der Waals surface area contributed by atoms with Crippen LogP contribution in [0.5, 0.6) is 0 Å². The third-order valence-electron chi connectivity index (χ3n) is 3.11. The molecule has 2 nitrogen and oxygen atoms in total. The molecule has 56 valence electrons. The normalized spacial score (nSPS) is 44.9. The molecule has 2 unspecified atom stereocenters. The lowest BCUT2D eigenvalue weighted by Gasteiger charge is -2.17. The van der Waals surface area contributed by atoms with E-state index in [4.69, 9.17) is 5.73 Å². The van der Waals surface area contributed by atoms with Gasteiger partial charge in [0.2, 0.25) is 0 Å². The van der Waals surface area contributed by atoms with Gasteiger partial charge < -0.3 is 5.73 Å². The van der Waals surface area contributed by atoms with Gasteiger partial charge in [0.15, 0.2) is 0 Å². The summed E-state index contributed by atoms with van der Waals surface area (Å²) in [7, 11) is 0. The van der Waals surface area contributed by atoms with E-state index in [0.29, 0.717) is 18.2 Å². The molecule has 0 spiro atoms. The average molecular weight is 139 g/mol. The van der Waals surface area contributed by atoms with Crippen LogP contribution in [0, 0.1) is 11.3 Å². The molecule has 0 radical (unpaired) electrons. The van der Waals surface area contributed by atoms with E-state index < -0.39 is 0 Å². The second-order valence-electron chi connectivity index (χ2n) is 3.58. The van der Waals surface area contributed by atoms with Gasteiger partial charge >= 0.3 is 0 Å². The Morgan fingerprint density at radius 1 is 1.70 bits per heavy atom. The van der Waals surface area contributed by atoms with Crippen molar-refractivity contribution in [2.24, 2.45) is 17.1 Å². The summed E-state index contributed by atoms with van der Waals surface area (Å²) in [5.41, 5.74) is 5.53. The number of fused-ring (bicyclic) bond motifs is 1. The van der Waals surface area contributed by atoms with Gasteiger partial charge in [0, 0.05) is 18.4 Å². The zero-order chi connectivity index (χ0) is 7.19. The van der Waals surface area contributed by atoms with Crippen LogP contribution in [0.25, 0.3) is 0 Å². The van der Waals surface area contributed by atoms with Crippen LogP contribution in [0.4, 0.5) is 0 Å². The lowest BCUT2D eigenvalue weighted by Crippen LogP contribution is -2.29. The highest BCUT2D eigenvalue weighted by molar-refractivity contribution is 5.89. The van der Waals surface area contributed by atoms with Gasteiger partial charge in [-0.2, -0.15) is 0 Å². The van der Waals surface area contributed by atoms with E-state index in [1.165, 1.54) is 6.42 Å². The van der Waals surface area contributed by atoms with Gasteiger partial charge in [0.1, 0.15) is 5.78 Å². The molecular formula is C8H13NO. The molecule has 2 fully saturated rings. The number of rotatable bonds is 1. The maximum absolute atomic E-state index is 11.3. The standard InChI is InChI=1S/C8H13NO/c9-5-8-4-6(8)2-1-3-7(8)10/h6H,1-5,9H2. The molecule has 0 amide bonds. The number of carbonyl (C=O) groups excluding carboxylic acids is 1. The quantitative estimate of drug-likeness (QED) is 0.581. The lowest BCUT2D eigenvalue weighted by molar-refractivity contribution is -0.125. The number of hydrogen-bond acceptors (Lipinski definition) is 2. The first kappa shape index (κ1) is 6.35. The molecule has 0 heterocycles. The van der Waals surface area contributed by atoms with Crippen molar-refractivity contribution in [2.45, 2.75) is 25.7 Å². The Balaban J connectivity index is 2.17. The van der Waals surface area contributed by atoms with E-state index in [2.05, 4.69) is 0 Å². The molecule has 0 aromatic carbocycles. The van der Waals surface area contributed by atoms with Crippen LogP contribution in [0.3, 0.4) is 0 Å². The third-order valence-corrected chi connectivity index (χ3v) is 3.11. The van der Waals surface area contributed by atoms with Crippen LogP contribution in [0.2, 0.25) is 0 Å². The maximum Gasteiger partial charge on any atom is 0.140 e. The Labute approximate surface area is 60.8 Å². The fourth-order valence-electron chi connectivity index (χ4n) is 2.22. The Kier molecular flexibility index (Phi) is 1.15. The van der Waals surface area contributed by atoms with E-state index in [1.807, 2.05) is 0 Å². The minimum atomic E-state index is -0.0156. The zero-order valence-electron chi connectivity index (χ0n) is 6.10. The Morgan fingerprint density at radius 2 is 2.50 bits per heavy atom. The molecule has 0 aromatic rings. The summed E-state index contributed by atoms with van der Waals surface area (Å²) in [6.07, 6.45) is 4.21. The topological polar surface area (TPSA) is 43.1 Å². The predicted octanol–water partition coefficient (Wildman–Crippen LogP) is 0.704. The Bertz CT molecular complexity index is 178. The number of hydrogen-bond donors (Lipinski definition) is 1. The van der Waals surface area contributed by atoms with Crippen LogP contribution in [-0.4, -0.2) is 12.3 Å². The summed E-state index contributed by atoms with van der Waals surface area (Å²) in [6, 6.07) is 0. The van der Waals surface area contributed by atoms with Crippen molar-refractivity contribution in [1.29, 1.82) is 0 Å². The number of Topliss-reactive ketones (excluding diaryl/α,β-unsaturated/α-hetero) is 1. The van der Waals surface area contributed by atoms with E-state index in [9.17, 15) is 4.79 Å². The van der Waals surface area contributed by atoms with Gasteiger partial charge in [0.25, 0.3) is 0 Å². The molecule has 2 aliphatic rings. The van der Waals surface area contributed by atoms with Gasteiger partial charge in [-0.1, -0.05) is 0 Å². The molecular weight excluding hydrogens is 126 g/mol. The number of ketones is 1. The molecule has 2 atom stereocenters. The summed E-state index contributed by atoms with van der Waals surface area (Å²) < 4.78 is 0. The van der Waals surface area contributed by atoms with Crippen molar-refractivity contribution in [3.05, 3.63) is 0 Å². The Morgan fingerprint density at radius 3 is 3.00 bits per heavy atom. The first-order chi connectivity index (χ1) is 4.79. The molecule has 2 heteroatoms. The lowest BCUT2D eigenvalue weighted by atomic mass is 9.87. The van der Waals surface area contributed by atoms with Gasteiger partial charge in [-0.15, -0.1) is 0 Å². The highest BCUT2D eigenvalue weighted by Crippen LogP contribution is 2.58. The zero-order valence-corrected chi connectivity index (χ0v) is 6.10. The van der Waals surface area contributed by atoms with Crippen molar-refractivity contribution in [2.75, 3.05) is 6.54 Å². The fourth-order valence-corrected chi connectivity index (χ4v) is 2.22. The SMILES string of the molecule is NCC12CC1CCCC2=O. The van der Waals surface area contributed by atoms with Crippen LogP contribution >= 0.6 is 0 Å². The number of nitrogens with two attached hydrogens (primary N) is 1. The van der Waals surface area contributed by atoms with Crippen LogP contribution in [-0.2, 0) is 4.79 Å². The van der Waals surface area contributed by atoms with Crippen LogP contribution in [0.15, 0.2) is 0 Å². The maximum atomic E-state index is 11.3. The van der Waals surface area contributed by atoms with Crippen LogP contribution < -0.4 is 5.73 Å². The summed E-state index contributed by atoms with van der Waals surface area (Å²) in [5, 5.41) is 0. The van der Waals surface area contributed by atoms with Crippen LogP contribution in [0.1, 0.15) is 25.7 Å². The van der Waals surface area contributed by atoms with Gasteiger partial charge in [-0.25, -0.2) is 0 Å². The van der Waals surface area contributed by atoms with Crippen molar-refractivity contribution in [1.82, 2.24) is 0 Å². The second-order valence-corrected chi connectivity index (χ2v) is 3.58. The monoisotopic (exact) mass is 139 g/mol. The Hall–Kier alpha value is -0.370. The molecule has 2 aliphatic carbocycles. The van der Waals surface area contributed by atoms with Gasteiger partial charge in [-0.3, -0.25) is 4.79 Å². The molecule has 10 heavy (non-hydrogen) atoms. The molecule has 0 bridgehead atoms. The molecule has 0 aliphatic heterocycles. The highest BCUT2D eigenvalue weighted by atomic mass is 16.1. The third kappa shape index (κ3) is 0.601. The van der Waals surface area contributed by atoms with Crippen molar-refractivity contribution >= 4 is 5.78 Å². The molecule has 2 N–H and O–H groups in total. The predicted molar refractivity (Wildman–Crippen MR) is 38.5 cm³/mol. The second kappa shape index (κ2) is 1.82. The first-order valence-corrected chi connectivity index (χ1v) is 4.03. The number of carbonyl (C=O) groups is 1. The average Bonchev–Trinajstić information content (AvgIpc) is 2.65. The van der Waals surface area contributed by atoms with E-state index in [0.717, 1.165) is 19.3 Å². The molecule has 2 saturated carbocycles. The molecule has 0 saturated heterocycles. The minimum absolute atomic E-state index is 0.0156. The molecule has 0 aromatic heterocycles. The van der Waals surface area contributed by atoms with Crippen molar-refractivity contribution < 1.29 is 4.79 Å². The van der Waals surface area contributed by atoms with Crippen molar-refractivity contribution in [3.8, 4) is 0 Å².